The van der Waals surface area contributed by atoms with Crippen LogP contribution >= 0.6 is 0 Å². The van der Waals surface area contributed by atoms with Crippen LogP contribution in [0.5, 0.6) is 0 Å². The van der Waals surface area contributed by atoms with Gasteiger partial charge >= 0.3 is 0 Å². The average molecular weight is 227 g/mol. The van der Waals surface area contributed by atoms with Crippen LogP contribution in [0.3, 0.4) is 0 Å². The van der Waals surface area contributed by atoms with Crippen LogP contribution < -0.4 is 5.32 Å². The highest BCUT2D eigenvalue weighted by molar-refractivity contribution is 4.78. The molecular formula is C13H25NO2. The predicted octanol–water partition coefficient (Wildman–Crippen LogP) is 2.13. The van der Waals surface area contributed by atoms with Crippen molar-refractivity contribution in [3.63, 3.8) is 0 Å². The van der Waals surface area contributed by atoms with Crippen LogP contribution in [-0.2, 0) is 9.47 Å². The topological polar surface area (TPSA) is 30.5 Å². The fourth-order valence-electron chi connectivity index (χ4n) is 1.86. The van der Waals surface area contributed by atoms with E-state index in [4.69, 9.17) is 9.47 Å². The van der Waals surface area contributed by atoms with E-state index in [1.807, 2.05) is 19.1 Å². The Balaban J connectivity index is 2.01. The van der Waals surface area contributed by atoms with Crippen molar-refractivity contribution in [2.45, 2.75) is 45.3 Å². The summed E-state index contributed by atoms with van der Waals surface area (Å²) in [7, 11) is 0. The van der Waals surface area contributed by atoms with Crippen LogP contribution in [0.25, 0.3) is 0 Å². The van der Waals surface area contributed by atoms with Gasteiger partial charge in [-0.3, -0.25) is 0 Å². The molecule has 0 aromatic rings. The van der Waals surface area contributed by atoms with Crippen LogP contribution in [0.4, 0.5) is 0 Å². The highest BCUT2D eigenvalue weighted by Crippen LogP contribution is 2.19. The van der Waals surface area contributed by atoms with Gasteiger partial charge in [0.05, 0.1) is 25.4 Å². The lowest BCUT2D eigenvalue weighted by molar-refractivity contribution is -0.00802. The van der Waals surface area contributed by atoms with Gasteiger partial charge in [-0.25, -0.2) is 0 Å². The fourth-order valence-corrected chi connectivity index (χ4v) is 1.86. The SMILES string of the molecule is CC=CCOCC1CCC(CNCCC)O1. The molecule has 0 amide bonds. The summed E-state index contributed by atoms with van der Waals surface area (Å²) in [6.07, 6.45) is 8.20. The molecule has 16 heavy (non-hydrogen) atoms. The van der Waals surface area contributed by atoms with Crippen LogP contribution in [-0.4, -0.2) is 38.5 Å². The van der Waals surface area contributed by atoms with E-state index in [1.54, 1.807) is 0 Å². The number of allylic oxidation sites excluding steroid dienone is 1. The van der Waals surface area contributed by atoms with E-state index in [0.29, 0.717) is 18.8 Å². The maximum absolute atomic E-state index is 5.88. The molecule has 2 unspecified atom stereocenters. The van der Waals surface area contributed by atoms with E-state index in [0.717, 1.165) is 32.5 Å². The molecule has 0 aromatic heterocycles. The Morgan fingerprint density at radius 2 is 2.19 bits per heavy atom. The van der Waals surface area contributed by atoms with E-state index < -0.39 is 0 Å². The molecule has 1 N–H and O–H groups in total. The van der Waals surface area contributed by atoms with E-state index in [1.165, 1.54) is 6.42 Å². The quantitative estimate of drug-likeness (QED) is 0.509. The van der Waals surface area contributed by atoms with Crippen molar-refractivity contribution >= 4 is 0 Å². The third-order valence-corrected chi connectivity index (χ3v) is 2.75. The molecule has 1 aliphatic rings. The average Bonchev–Trinajstić information content (AvgIpc) is 2.73. The zero-order valence-corrected chi connectivity index (χ0v) is 10.6. The Bertz CT molecular complexity index is 194. The first kappa shape index (κ1) is 13.7. The third-order valence-electron chi connectivity index (χ3n) is 2.75. The van der Waals surface area contributed by atoms with Crippen molar-refractivity contribution < 1.29 is 9.47 Å². The fraction of sp³-hybridized carbons (Fsp3) is 0.846. The number of rotatable bonds is 8. The van der Waals surface area contributed by atoms with Gasteiger partial charge in [0.1, 0.15) is 0 Å². The molecule has 0 bridgehead atoms. The van der Waals surface area contributed by atoms with Crippen molar-refractivity contribution in [3.05, 3.63) is 12.2 Å². The molecular weight excluding hydrogens is 202 g/mol. The molecule has 3 nitrogen and oxygen atoms in total. The molecule has 2 atom stereocenters. The van der Waals surface area contributed by atoms with Gasteiger partial charge in [0.25, 0.3) is 0 Å². The molecule has 0 saturated carbocycles. The highest BCUT2D eigenvalue weighted by Gasteiger charge is 2.24. The van der Waals surface area contributed by atoms with E-state index in [-0.39, 0.29) is 0 Å². The van der Waals surface area contributed by atoms with Crippen molar-refractivity contribution in [2.75, 3.05) is 26.3 Å². The van der Waals surface area contributed by atoms with Crippen molar-refractivity contribution in [1.29, 1.82) is 0 Å². The molecule has 1 heterocycles. The Morgan fingerprint density at radius 1 is 1.38 bits per heavy atom. The lowest BCUT2D eigenvalue weighted by Gasteiger charge is -2.14. The number of ether oxygens (including phenoxy) is 2. The van der Waals surface area contributed by atoms with Gasteiger partial charge in [0.2, 0.25) is 0 Å². The zero-order valence-electron chi connectivity index (χ0n) is 10.6. The summed E-state index contributed by atoms with van der Waals surface area (Å²) in [5.41, 5.74) is 0. The maximum atomic E-state index is 5.88. The van der Waals surface area contributed by atoms with Gasteiger partial charge < -0.3 is 14.8 Å². The highest BCUT2D eigenvalue weighted by atomic mass is 16.5. The van der Waals surface area contributed by atoms with Crippen molar-refractivity contribution in [1.82, 2.24) is 5.32 Å². The molecule has 0 radical (unpaired) electrons. The van der Waals surface area contributed by atoms with E-state index in [9.17, 15) is 0 Å². The second-order valence-electron chi connectivity index (χ2n) is 4.27. The monoisotopic (exact) mass is 227 g/mol. The summed E-state index contributed by atoms with van der Waals surface area (Å²) in [6, 6.07) is 0. The molecule has 1 rings (SSSR count). The van der Waals surface area contributed by atoms with Crippen molar-refractivity contribution in [2.24, 2.45) is 0 Å². The van der Waals surface area contributed by atoms with Gasteiger partial charge in [-0.05, 0) is 32.7 Å². The summed E-state index contributed by atoms with van der Waals surface area (Å²) in [5, 5.41) is 3.40. The smallest absolute Gasteiger partial charge is 0.0814 e. The molecule has 0 spiro atoms. The lowest BCUT2D eigenvalue weighted by Crippen LogP contribution is -2.28. The van der Waals surface area contributed by atoms with Crippen LogP contribution in [0, 0.1) is 0 Å². The standard InChI is InChI=1S/C13H25NO2/c1-3-5-9-15-11-13-7-6-12(16-13)10-14-8-4-2/h3,5,12-14H,4,6-11H2,1-2H3. The van der Waals surface area contributed by atoms with E-state index >= 15 is 0 Å². The first-order chi connectivity index (χ1) is 7.86. The Hall–Kier alpha value is -0.380. The maximum Gasteiger partial charge on any atom is 0.0814 e. The minimum atomic E-state index is 0.304. The summed E-state index contributed by atoms with van der Waals surface area (Å²) in [4.78, 5) is 0. The van der Waals surface area contributed by atoms with Gasteiger partial charge in [0, 0.05) is 6.54 Å². The van der Waals surface area contributed by atoms with Gasteiger partial charge in [-0.2, -0.15) is 0 Å². The molecule has 1 fully saturated rings. The van der Waals surface area contributed by atoms with E-state index in [2.05, 4.69) is 12.2 Å². The number of nitrogens with one attached hydrogen (secondary N) is 1. The Kier molecular flexibility index (Phi) is 7.47. The Labute approximate surface area is 99.2 Å². The third kappa shape index (κ3) is 5.64. The predicted molar refractivity (Wildman–Crippen MR) is 66.7 cm³/mol. The first-order valence-corrected chi connectivity index (χ1v) is 6.41. The van der Waals surface area contributed by atoms with Gasteiger partial charge in [0.15, 0.2) is 0 Å². The zero-order chi connectivity index (χ0) is 11.6. The molecule has 0 aliphatic carbocycles. The molecule has 3 heteroatoms. The Morgan fingerprint density at radius 3 is 2.94 bits per heavy atom. The van der Waals surface area contributed by atoms with Gasteiger partial charge in [-0.15, -0.1) is 0 Å². The van der Waals surface area contributed by atoms with Crippen molar-refractivity contribution in [3.8, 4) is 0 Å². The first-order valence-electron chi connectivity index (χ1n) is 6.41. The van der Waals surface area contributed by atoms with Crippen LogP contribution in [0.15, 0.2) is 12.2 Å². The molecule has 0 aromatic carbocycles. The lowest BCUT2D eigenvalue weighted by atomic mass is 10.2. The summed E-state index contributed by atoms with van der Waals surface area (Å²) in [6.45, 7) is 7.69. The number of hydrogen-bond acceptors (Lipinski definition) is 3. The second-order valence-corrected chi connectivity index (χ2v) is 4.27. The second kappa shape index (κ2) is 8.74. The molecule has 1 aliphatic heterocycles. The largest absolute Gasteiger partial charge is 0.375 e. The minimum absolute atomic E-state index is 0.304. The molecule has 1 saturated heterocycles. The summed E-state index contributed by atoms with van der Waals surface area (Å²) < 4.78 is 11.4. The molecule has 94 valence electrons. The summed E-state index contributed by atoms with van der Waals surface area (Å²) in [5.74, 6) is 0. The van der Waals surface area contributed by atoms with Crippen LogP contribution in [0.1, 0.15) is 33.1 Å². The number of hydrogen-bond donors (Lipinski definition) is 1. The van der Waals surface area contributed by atoms with Gasteiger partial charge in [-0.1, -0.05) is 19.1 Å². The summed E-state index contributed by atoms with van der Waals surface area (Å²) >= 11 is 0. The van der Waals surface area contributed by atoms with Crippen LogP contribution in [0.2, 0.25) is 0 Å². The minimum Gasteiger partial charge on any atom is -0.375 e. The normalized spacial score (nSPS) is 25.6.